The SMILES string of the molecule is Cc1cccc(C(=O)N(C)CCBr)c1Br. The number of alkyl halides is 1. The van der Waals surface area contributed by atoms with Crippen molar-refractivity contribution in [3.63, 3.8) is 0 Å². The number of nitrogens with zero attached hydrogens (tertiary/aromatic N) is 1. The maximum Gasteiger partial charge on any atom is 0.254 e. The van der Waals surface area contributed by atoms with Crippen molar-refractivity contribution in [3.8, 4) is 0 Å². The third-order valence-corrected chi connectivity index (χ3v) is 3.60. The summed E-state index contributed by atoms with van der Waals surface area (Å²) in [5.41, 5.74) is 1.80. The Morgan fingerprint density at radius 1 is 1.47 bits per heavy atom. The first-order valence-electron chi connectivity index (χ1n) is 4.64. The van der Waals surface area contributed by atoms with Crippen LogP contribution in [-0.2, 0) is 0 Å². The maximum atomic E-state index is 12.0. The van der Waals surface area contributed by atoms with E-state index in [1.807, 2.05) is 25.1 Å². The van der Waals surface area contributed by atoms with Crippen molar-refractivity contribution < 1.29 is 4.79 Å². The van der Waals surface area contributed by atoms with Gasteiger partial charge in [-0.1, -0.05) is 28.1 Å². The van der Waals surface area contributed by atoms with E-state index < -0.39 is 0 Å². The number of hydrogen-bond donors (Lipinski definition) is 0. The van der Waals surface area contributed by atoms with Gasteiger partial charge in [-0.2, -0.15) is 0 Å². The quantitative estimate of drug-likeness (QED) is 0.777. The molecule has 4 heteroatoms. The number of halogens is 2. The summed E-state index contributed by atoms with van der Waals surface area (Å²) in [6, 6.07) is 5.71. The van der Waals surface area contributed by atoms with Crippen LogP contribution in [-0.4, -0.2) is 29.7 Å². The first kappa shape index (κ1) is 12.7. The standard InChI is InChI=1S/C11H13Br2NO/c1-8-4-3-5-9(10(8)13)11(15)14(2)7-6-12/h3-5H,6-7H2,1-2H3. The van der Waals surface area contributed by atoms with Crippen molar-refractivity contribution >= 4 is 37.8 Å². The Bertz CT molecular complexity index is 366. The van der Waals surface area contributed by atoms with Crippen molar-refractivity contribution in [3.05, 3.63) is 33.8 Å². The van der Waals surface area contributed by atoms with Gasteiger partial charge >= 0.3 is 0 Å². The Morgan fingerprint density at radius 3 is 2.73 bits per heavy atom. The zero-order chi connectivity index (χ0) is 11.4. The van der Waals surface area contributed by atoms with Crippen molar-refractivity contribution in [2.75, 3.05) is 18.9 Å². The Morgan fingerprint density at radius 2 is 2.13 bits per heavy atom. The number of carbonyl (C=O) groups excluding carboxylic acids is 1. The lowest BCUT2D eigenvalue weighted by Crippen LogP contribution is -2.28. The van der Waals surface area contributed by atoms with Crippen LogP contribution in [0.25, 0.3) is 0 Å². The molecule has 2 nitrogen and oxygen atoms in total. The molecule has 15 heavy (non-hydrogen) atoms. The summed E-state index contributed by atoms with van der Waals surface area (Å²) in [7, 11) is 1.80. The number of rotatable bonds is 3. The van der Waals surface area contributed by atoms with E-state index in [9.17, 15) is 4.79 Å². The summed E-state index contributed by atoms with van der Waals surface area (Å²) in [5, 5.41) is 0.790. The largest absolute Gasteiger partial charge is 0.341 e. The fourth-order valence-corrected chi connectivity index (χ4v) is 2.21. The molecule has 0 N–H and O–H groups in total. The third kappa shape index (κ3) is 3.05. The summed E-state index contributed by atoms with van der Waals surface area (Å²) in [5.74, 6) is 0.0463. The molecule has 0 fully saturated rings. The highest BCUT2D eigenvalue weighted by Crippen LogP contribution is 2.22. The van der Waals surface area contributed by atoms with Crippen molar-refractivity contribution in [1.82, 2.24) is 4.90 Å². The molecule has 0 saturated heterocycles. The summed E-state index contributed by atoms with van der Waals surface area (Å²) in [6.45, 7) is 2.69. The lowest BCUT2D eigenvalue weighted by atomic mass is 10.1. The predicted molar refractivity (Wildman–Crippen MR) is 69.6 cm³/mol. The minimum atomic E-state index is 0.0463. The van der Waals surface area contributed by atoms with Gasteiger partial charge in [0, 0.05) is 23.4 Å². The Labute approximate surface area is 107 Å². The maximum absolute atomic E-state index is 12.0. The topological polar surface area (TPSA) is 20.3 Å². The lowest BCUT2D eigenvalue weighted by molar-refractivity contribution is 0.0803. The molecule has 1 rings (SSSR count). The van der Waals surface area contributed by atoms with Crippen LogP contribution in [0.4, 0.5) is 0 Å². The van der Waals surface area contributed by atoms with Gasteiger partial charge in [0.1, 0.15) is 0 Å². The van der Waals surface area contributed by atoms with Crippen molar-refractivity contribution in [2.45, 2.75) is 6.92 Å². The average Bonchev–Trinajstić information content (AvgIpc) is 2.21. The number of aryl methyl sites for hydroxylation is 1. The molecule has 1 aromatic carbocycles. The predicted octanol–water partition coefficient (Wildman–Crippen LogP) is 3.22. The summed E-state index contributed by atoms with van der Waals surface area (Å²) >= 11 is 6.76. The minimum Gasteiger partial charge on any atom is -0.341 e. The highest BCUT2D eigenvalue weighted by atomic mass is 79.9. The van der Waals surface area contributed by atoms with Crippen LogP contribution in [0.5, 0.6) is 0 Å². The molecule has 0 atom stereocenters. The minimum absolute atomic E-state index is 0.0463. The lowest BCUT2D eigenvalue weighted by Gasteiger charge is -2.17. The van der Waals surface area contributed by atoms with Gasteiger partial charge in [0.05, 0.1) is 5.56 Å². The van der Waals surface area contributed by atoms with Crippen LogP contribution >= 0.6 is 31.9 Å². The molecule has 1 amide bonds. The fraction of sp³-hybridized carbons (Fsp3) is 0.364. The Hall–Kier alpha value is -0.350. The Kier molecular flexibility index (Phi) is 4.80. The van der Waals surface area contributed by atoms with Gasteiger partial charge in [0.25, 0.3) is 5.91 Å². The van der Waals surface area contributed by atoms with E-state index in [1.54, 1.807) is 11.9 Å². The Balaban J connectivity index is 2.96. The second-order valence-corrected chi connectivity index (χ2v) is 4.94. The van der Waals surface area contributed by atoms with Crippen LogP contribution < -0.4 is 0 Å². The summed E-state index contributed by atoms with van der Waals surface area (Å²) < 4.78 is 0.886. The van der Waals surface area contributed by atoms with Crippen molar-refractivity contribution in [2.24, 2.45) is 0 Å². The molecule has 0 heterocycles. The van der Waals surface area contributed by atoms with Gasteiger partial charge in [-0.05, 0) is 34.5 Å². The second kappa shape index (κ2) is 5.66. The molecule has 0 aliphatic heterocycles. The molecule has 0 aliphatic carbocycles. The van der Waals surface area contributed by atoms with E-state index in [4.69, 9.17) is 0 Å². The number of hydrogen-bond acceptors (Lipinski definition) is 1. The normalized spacial score (nSPS) is 10.1. The summed E-state index contributed by atoms with van der Waals surface area (Å²) in [6.07, 6.45) is 0. The van der Waals surface area contributed by atoms with E-state index in [0.29, 0.717) is 6.54 Å². The average molecular weight is 335 g/mol. The zero-order valence-electron chi connectivity index (χ0n) is 8.76. The first-order valence-corrected chi connectivity index (χ1v) is 6.56. The van der Waals surface area contributed by atoms with Crippen LogP contribution in [0.3, 0.4) is 0 Å². The van der Waals surface area contributed by atoms with Crippen LogP contribution in [0.15, 0.2) is 22.7 Å². The first-order chi connectivity index (χ1) is 7.07. The molecule has 0 saturated carbocycles. The third-order valence-electron chi connectivity index (χ3n) is 2.19. The highest BCUT2D eigenvalue weighted by Gasteiger charge is 2.14. The van der Waals surface area contributed by atoms with Gasteiger partial charge in [-0.25, -0.2) is 0 Å². The smallest absolute Gasteiger partial charge is 0.254 e. The highest BCUT2D eigenvalue weighted by molar-refractivity contribution is 9.10. The van der Waals surface area contributed by atoms with E-state index in [1.165, 1.54) is 0 Å². The molecule has 0 bridgehead atoms. The van der Waals surface area contributed by atoms with Crippen molar-refractivity contribution in [1.29, 1.82) is 0 Å². The van der Waals surface area contributed by atoms with Gasteiger partial charge in [0.2, 0.25) is 0 Å². The van der Waals surface area contributed by atoms with E-state index >= 15 is 0 Å². The molecule has 0 unspecified atom stereocenters. The molecule has 0 aromatic heterocycles. The molecular weight excluding hydrogens is 322 g/mol. The number of amides is 1. The fourth-order valence-electron chi connectivity index (χ4n) is 1.25. The van der Waals surface area contributed by atoms with E-state index in [-0.39, 0.29) is 5.91 Å². The molecule has 82 valence electrons. The number of carbonyl (C=O) groups is 1. The van der Waals surface area contributed by atoms with Crippen LogP contribution in [0.2, 0.25) is 0 Å². The van der Waals surface area contributed by atoms with Crippen LogP contribution in [0, 0.1) is 6.92 Å². The van der Waals surface area contributed by atoms with Gasteiger partial charge < -0.3 is 4.90 Å². The van der Waals surface area contributed by atoms with E-state index in [0.717, 1.165) is 20.9 Å². The molecule has 0 radical (unpaired) electrons. The molecule has 1 aromatic rings. The zero-order valence-corrected chi connectivity index (χ0v) is 11.9. The molecular formula is C11H13Br2NO. The van der Waals surface area contributed by atoms with Crippen LogP contribution in [0.1, 0.15) is 15.9 Å². The van der Waals surface area contributed by atoms with Gasteiger partial charge in [-0.3, -0.25) is 4.79 Å². The second-order valence-electron chi connectivity index (χ2n) is 3.35. The molecule has 0 aliphatic rings. The van der Waals surface area contributed by atoms with Gasteiger partial charge in [0.15, 0.2) is 0 Å². The van der Waals surface area contributed by atoms with E-state index in [2.05, 4.69) is 31.9 Å². The monoisotopic (exact) mass is 333 g/mol. The summed E-state index contributed by atoms with van der Waals surface area (Å²) in [4.78, 5) is 13.7. The molecule has 0 spiro atoms. The van der Waals surface area contributed by atoms with Gasteiger partial charge in [-0.15, -0.1) is 0 Å². The number of benzene rings is 1.